The molecule has 1 atom stereocenters. The van der Waals surface area contributed by atoms with E-state index in [-0.39, 0.29) is 5.91 Å². The molecule has 0 radical (unpaired) electrons. The highest BCUT2D eigenvalue weighted by Crippen LogP contribution is 2.34. The monoisotopic (exact) mass is 363 g/mol. The quantitative estimate of drug-likeness (QED) is 0.661. The molecule has 17 heavy (non-hydrogen) atoms. The Labute approximate surface area is 120 Å². The first kappa shape index (κ1) is 13.0. The van der Waals surface area contributed by atoms with Gasteiger partial charge in [-0.3, -0.25) is 4.79 Å². The molecule has 1 aromatic rings. The van der Waals surface area contributed by atoms with Crippen molar-refractivity contribution in [2.75, 3.05) is 24.3 Å². The van der Waals surface area contributed by atoms with Gasteiger partial charge in [0.15, 0.2) is 0 Å². The van der Waals surface area contributed by atoms with Gasteiger partial charge in [0.05, 0.1) is 12.8 Å². The molecule has 1 unspecified atom stereocenters. The van der Waals surface area contributed by atoms with Crippen molar-refractivity contribution in [1.29, 1.82) is 0 Å². The average Bonchev–Trinajstić information content (AvgIpc) is 2.70. The Morgan fingerprint density at radius 1 is 1.59 bits per heavy atom. The Morgan fingerprint density at radius 3 is 2.94 bits per heavy atom. The van der Waals surface area contributed by atoms with Gasteiger partial charge in [0.2, 0.25) is 5.91 Å². The van der Waals surface area contributed by atoms with E-state index in [2.05, 4.69) is 35.2 Å². The Balaban J connectivity index is 2.33. The first-order valence-corrected chi connectivity index (χ1v) is 7.11. The summed E-state index contributed by atoms with van der Waals surface area (Å²) in [4.78, 5) is 13.8. The van der Waals surface area contributed by atoms with Crippen LogP contribution < -0.4 is 9.64 Å². The van der Waals surface area contributed by atoms with Crippen LogP contribution in [-0.2, 0) is 4.79 Å². The van der Waals surface area contributed by atoms with E-state index in [9.17, 15) is 4.79 Å². The van der Waals surface area contributed by atoms with Crippen molar-refractivity contribution >= 4 is 46.8 Å². The van der Waals surface area contributed by atoms with Crippen LogP contribution in [0.4, 0.5) is 5.69 Å². The fourth-order valence-electron chi connectivity index (χ4n) is 2.01. The van der Waals surface area contributed by atoms with Gasteiger partial charge in [0.25, 0.3) is 0 Å². The zero-order chi connectivity index (χ0) is 12.4. The van der Waals surface area contributed by atoms with Crippen molar-refractivity contribution in [2.24, 2.45) is 5.92 Å². The molecule has 5 heteroatoms. The van der Waals surface area contributed by atoms with Crippen LogP contribution in [-0.4, -0.2) is 25.3 Å². The van der Waals surface area contributed by atoms with E-state index in [1.165, 1.54) is 0 Å². The molecule has 3 nitrogen and oxygen atoms in total. The molecule has 1 saturated heterocycles. The molecular weight excluding hydrogens is 349 g/mol. The largest absolute Gasteiger partial charge is 0.495 e. The Morgan fingerprint density at radius 2 is 2.35 bits per heavy atom. The SMILES string of the molecule is COc1ccc(I)cc1N1CC(CS)CC1=O. The van der Waals surface area contributed by atoms with Crippen molar-refractivity contribution in [3.63, 3.8) is 0 Å². The van der Waals surface area contributed by atoms with Gasteiger partial charge in [0.1, 0.15) is 5.75 Å². The lowest BCUT2D eigenvalue weighted by atomic mass is 10.1. The summed E-state index contributed by atoms with van der Waals surface area (Å²) in [5, 5.41) is 0. The first-order chi connectivity index (χ1) is 8.15. The Hall–Kier alpha value is -0.430. The number of ether oxygens (including phenoxy) is 1. The van der Waals surface area contributed by atoms with Crippen molar-refractivity contribution in [3.8, 4) is 5.75 Å². The van der Waals surface area contributed by atoms with Gasteiger partial charge in [0, 0.05) is 16.5 Å². The standard InChI is InChI=1S/C12H14INO2S/c1-16-11-3-2-9(13)5-10(11)14-6-8(7-17)4-12(14)15/h2-3,5,8,17H,4,6-7H2,1H3. The lowest BCUT2D eigenvalue weighted by Gasteiger charge is -2.19. The molecule has 92 valence electrons. The van der Waals surface area contributed by atoms with E-state index >= 15 is 0 Å². The zero-order valence-electron chi connectivity index (χ0n) is 9.52. The van der Waals surface area contributed by atoms with Crippen molar-refractivity contribution in [3.05, 3.63) is 21.8 Å². The summed E-state index contributed by atoms with van der Waals surface area (Å²) in [6, 6.07) is 5.86. The molecule has 0 spiro atoms. The third kappa shape index (κ3) is 2.70. The fourth-order valence-corrected chi connectivity index (χ4v) is 2.73. The zero-order valence-corrected chi connectivity index (χ0v) is 12.6. The van der Waals surface area contributed by atoms with E-state index < -0.39 is 0 Å². The van der Waals surface area contributed by atoms with E-state index in [1.54, 1.807) is 7.11 Å². The van der Waals surface area contributed by atoms with E-state index in [0.717, 1.165) is 27.3 Å². The minimum atomic E-state index is 0.157. The number of anilines is 1. The molecule has 1 aliphatic heterocycles. The number of carbonyl (C=O) groups excluding carboxylic acids is 1. The van der Waals surface area contributed by atoms with Crippen molar-refractivity contribution < 1.29 is 9.53 Å². The Bertz CT molecular complexity index is 439. The lowest BCUT2D eigenvalue weighted by Crippen LogP contribution is -2.25. The molecule has 2 rings (SSSR count). The molecule has 1 heterocycles. The third-order valence-electron chi connectivity index (χ3n) is 2.90. The molecule has 1 fully saturated rings. The summed E-state index contributed by atoms with van der Waals surface area (Å²) in [7, 11) is 1.63. The molecule has 0 saturated carbocycles. The fraction of sp³-hybridized carbons (Fsp3) is 0.417. The number of hydrogen-bond acceptors (Lipinski definition) is 3. The summed E-state index contributed by atoms with van der Waals surface area (Å²) in [6.45, 7) is 0.735. The van der Waals surface area contributed by atoms with Crippen LogP contribution in [0.2, 0.25) is 0 Å². The summed E-state index contributed by atoms with van der Waals surface area (Å²) < 4.78 is 6.41. The van der Waals surface area contributed by atoms with Gasteiger partial charge in [-0.1, -0.05) is 0 Å². The number of nitrogens with zero attached hydrogens (tertiary/aromatic N) is 1. The number of rotatable bonds is 3. The minimum Gasteiger partial charge on any atom is -0.495 e. The van der Waals surface area contributed by atoms with Crippen LogP contribution in [0.25, 0.3) is 0 Å². The second kappa shape index (κ2) is 5.48. The highest BCUT2D eigenvalue weighted by Gasteiger charge is 2.31. The van der Waals surface area contributed by atoms with E-state index in [4.69, 9.17) is 4.74 Å². The summed E-state index contributed by atoms with van der Waals surface area (Å²) >= 11 is 6.50. The minimum absolute atomic E-state index is 0.157. The topological polar surface area (TPSA) is 29.5 Å². The number of halogens is 1. The second-order valence-corrected chi connectivity index (χ2v) is 5.68. The highest BCUT2D eigenvalue weighted by atomic mass is 127. The van der Waals surface area contributed by atoms with E-state index in [0.29, 0.717) is 12.3 Å². The van der Waals surface area contributed by atoms with Crippen LogP contribution >= 0.6 is 35.2 Å². The predicted octanol–water partition coefficient (Wildman–Crippen LogP) is 2.58. The molecule has 0 N–H and O–H groups in total. The third-order valence-corrected chi connectivity index (χ3v) is 4.08. The molecule has 1 aliphatic rings. The molecule has 0 aromatic heterocycles. The first-order valence-electron chi connectivity index (χ1n) is 5.40. The number of thiol groups is 1. The van der Waals surface area contributed by atoms with Gasteiger partial charge in [-0.25, -0.2) is 0 Å². The van der Waals surface area contributed by atoms with Crippen LogP contribution in [0.1, 0.15) is 6.42 Å². The smallest absolute Gasteiger partial charge is 0.227 e. The highest BCUT2D eigenvalue weighted by molar-refractivity contribution is 14.1. The molecule has 1 amide bonds. The van der Waals surface area contributed by atoms with Gasteiger partial charge in [-0.05, 0) is 52.5 Å². The maximum Gasteiger partial charge on any atom is 0.227 e. The maximum atomic E-state index is 12.0. The normalized spacial score (nSPS) is 19.8. The second-order valence-electron chi connectivity index (χ2n) is 4.07. The molecular formula is C12H14INO2S. The lowest BCUT2D eigenvalue weighted by molar-refractivity contribution is -0.117. The van der Waals surface area contributed by atoms with Crippen molar-refractivity contribution in [1.82, 2.24) is 0 Å². The molecule has 0 bridgehead atoms. The van der Waals surface area contributed by atoms with Crippen molar-refractivity contribution in [2.45, 2.75) is 6.42 Å². The van der Waals surface area contributed by atoms with Crippen LogP contribution in [0.3, 0.4) is 0 Å². The number of methoxy groups -OCH3 is 1. The summed E-state index contributed by atoms with van der Waals surface area (Å²) in [6.07, 6.45) is 0.581. The molecule has 1 aromatic carbocycles. The predicted molar refractivity (Wildman–Crippen MR) is 80.0 cm³/mol. The molecule has 0 aliphatic carbocycles. The summed E-state index contributed by atoms with van der Waals surface area (Å²) in [5.41, 5.74) is 0.869. The number of amides is 1. The number of carbonyl (C=O) groups is 1. The average molecular weight is 363 g/mol. The van der Waals surface area contributed by atoms with Gasteiger partial charge in [-0.2, -0.15) is 12.6 Å². The Kier molecular flexibility index (Phi) is 4.19. The number of benzene rings is 1. The van der Waals surface area contributed by atoms with Gasteiger partial charge < -0.3 is 9.64 Å². The van der Waals surface area contributed by atoms with Crippen LogP contribution in [0.15, 0.2) is 18.2 Å². The van der Waals surface area contributed by atoms with Gasteiger partial charge in [-0.15, -0.1) is 0 Å². The maximum absolute atomic E-state index is 12.0. The summed E-state index contributed by atoms with van der Waals surface area (Å²) in [5.74, 6) is 1.99. The van der Waals surface area contributed by atoms with Gasteiger partial charge >= 0.3 is 0 Å². The van der Waals surface area contributed by atoms with Crippen LogP contribution in [0, 0.1) is 9.49 Å². The van der Waals surface area contributed by atoms with E-state index in [1.807, 2.05) is 23.1 Å². The van der Waals surface area contributed by atoms with Crippen LogP contribution in [0.5, 0.6) is 5.75 Å². The number of hydrogen-bond donors (Lipinski definition) is 1.